The minimum absolute atomic E-state index is 0.0349. The average Bonchev–Trinajstić information content (AvgIpc) is 3.31. The quantitative estimate of drug-likeness (QED) is 0.677. The molecule has 3 rings (SSSR count). The Morgan fingerprint density at radius 2 is 2.12 bits per heavy atom. The zero-order chi connectivity index (χ0) is 17.3. The molecule has 4 atom stereocenters. The van der Waals surface area contributed by atoms with E-state index in [1.807, 2.05) is 0 Å². The summed E-state index contributed by atoms with van der Waals surface area (Å²) in [6.07, 6.45) is 6.76. The van der Waals surface area contributed by atoms with Crippen molar-refractivity contribution in [3.05, 3.63) is 35.4 Å². The molecule has 2 fully saturated rings. The predicted molar refractivity (Wildman–Crippen MR) is 88.6 cm³/mol. The number of benzene rings is 1. The lowest BCUT2D eigenvalue weighted by molar-refractivity contribution is -0.168. The summed E-state index contributed by atoms with van der Waals surface area (Å²) in [5.41, 5.74) is 0.377. The number of halogens is 2. The zero-order valence-corrected chi connectivity index (χ0v) is 14.5. The first-order chi connectivity index (χ1) is 11.4. The lowest BCUT2D eigenvalue weighted by Crippen LogP contribution is -2.40. The van der Waals surface area contributed by atoms with E-state index in [0.29, 0.717) is 17.9 Å². The predicted octanol–water partition coefficient (Wildman–Crippen LogP) is 5.36. The van der Waals surface area contributed by atoms with Gasteiger partial charge in [-0.05, 0) is 61.6 Å². The van der Waals surface area contributed by atoms with Crippen LogP contribution in [0.3, 0.4) is 0 Å². The summed E-state index contributed by atoms with van der Waals surface area (Å²) in [5.74, 6) is -1.52. The lowest BCUT2D eigenvalue weighted by Gasteiger charge is -2.39. The number of hydrogen-bond acceptors (Lipinski definition) is 2. The fourth-order valence-electron chi connectivity index (χ4n) is 4.29. The van der Waals surface area contributed by atoms with Crippen molar-refractivity contribution in [3.8, 4) is 0 Å². The number of hydrogen-bond donors (Lipinski definition) is 0. The van der Waals surface area contributed by atoms with E-state index in [1.165, 1.54) is 12.5 Å². The monoisotopic (exact) mass is 336 g/mol. The molecule has 0 N–H and O–H groups in total. The van der Waals surface area contributed by atoms with Crippen LogP contribution in [-0.4, -0.2) is 11.6 Å². The van der Waals surface area contributed by atoms with Crippen molar-refractivity contribution in [1.29, 1.82) is 0 Å². The van der Waals surface area contributed by atoms with Crippen LogP contribution in [0.4, 0.5) is 8.78 Å². The van der Waals surface area contributed by atoms with E-state index in [-0.39, 0.29) is 23.4 Å². The Balaban J connectivity index is 1.65. The Morgan fingerprint density at radius 3 is 2.79 bits per heavy atom. The topological polar surface area (TPSA) is 26.3 Å². The van der Waals surface area contributed by atoms with Gasteiger partial charge in [-0.25, -0.2) is 8.78 Å². The highest BCUT2D eigenvalue weighted by Crippen LogP contribution is 2.50. The molecule has 2 aliphatic rings. The molecule has 0 heterocycles. The van der Waals surface area contributed by atoms with Crippen LogP contribution < -0.4 is 0 Å². The highest BCUT2D eigenvalue weighted by Gasteiger charge is 2.48. The Morgan fingerprint density at radius 1 is 1.33 bits per heavy atom. The van der Waals surface area contributed by atoms with Gasteiger partial charge >= 0.3 is 5.97 Å². The largest absolute Gasteiger partial charge is 0.459 e. The van der Waals surface area contributed by atoms with Gasteiger partial charge in [0.2, 0.25) is 0 Å². The van der Waals surface area contributed by atoms with Crippen molar-refractivity contribution in [2.75, 3.05) is 0 Å². The van der Waals surface area contributed by atoms with Crippen LogP contribution in [0.1, 0.15) is 70.3 Å². The number of rotatable bonds is 5. The third kappa shape index (κ3) is 3.62. The molecule has 2 saturated carbocycles. The Hall–Kier alpha value is -1.45. The number of carbonyl (C=O) groups is 1. The van der Waals surface area contributed by atoms with Gasteiger partial charge in [0.25, 0.3) is 0 Å². The summed E-state index contributed by atoms with van der Waals surface area (Å²) in [7, 11) is 0. The fourth-order valence-corrected chi connectivity index (χ4v) is 4.29. The standard InChI is InChI=1S/C20H26F2O2/c1-3-8-20(9-4-5-13(2)12-20)24-19(23)16-11-15(16)14-6-7-17(21)18(22)10-14/h6-7,10,13,15-16H,3-5,8-9,11-12H2,1-2H3/t13?,15-,16-,20+/m1/s1. The second-order valence-corrected chi connectivity index (χ2v) is 7.68. The van der Waals surface area contributed by atoms with Gasteiger partial charge in [-0.1, -0.05) is 32.8 Å². The average molecular weight is 336 g/mol. The van der Waals surface area contributed by atoms with Crippen LogP contribution >= 0.6 is 0 Å². The van der Waals surface area contributed by atoms with Crippen LogP contribution in [-0.2, 0) is 9.53 Å². The molecule has 2 nitrogen and oxygen atoms in total. The van der Waals surface area contributed by atoms with Gasteiger partial charge in [-0.3, -0.25) is 4.79 Å². The molecule has 1 unspecified atom stereocenters. The van der Waals surface area contributed by atoms with Crippen LogP contribution in [0, 0.1) is 23.5 Å². The van der Waals surface area contributed by atoms with E-state index in [1.54, 1.807) is 6.07 Å². The second kappa shape index (κ2) is 6.81. The van der Waals surface area contributed by atoms with Crippen LogP contribution in [0.15, 0.2) is 18.2 Å². The SMILES string of the molecule is CCC[C@]1(OC(=O)[C@@H]2C[C@@H]2c2ccc(F)c(F)c2)CCCC(C)C1. The first-order valence-electron chi connectivity index (χ1n) is 9.12. The summed E-state index contributed by atoms with van der Waals surface area (Å²) in [6, 6.07) is 3.91. The van der Waals surface area contributed by atoms with Gasteiger partial charge in [0, 0.05) is 0 Å². The highest BCUT2D eigenvalue weighted by atomic mass is 19.2. The van der Waals surface area contributed by atoms with E-state index >= 15 is 0 Å². The maximum atomic E-state index is 13.4. The summed E-state index contributed by atoms with van der Waals surface area (Å²) < 4.78 is 32.4. The molecular formula is C20H26F2O2. The maximum absolute atomic E-state index is 13.4. The van der Waals surface area contributed by atoms with E-state index in [2.05, 4.69) is 13.8 Å². The fraction of sp³-hybridized carbons (Fsp3) is 0.650. The molecular weight excluding hydrogens is 310 g/mol. The van der Waals surface area contributed by atoms with Gasteiger partial charge in [0.1, 0.15) is 5.60 Å². The van der Waals surface area contributed by atoms with Crippen molar-refractivity contribution in [3.63, 3.8) is 0 Å². The van der Waals surface area contributed by atoms with E-state index in [0.717, 1.165) is 38.2 Å². The molecule has 132 valence electrons. The molecule has 0 bridgehead atoms. The molecule has 0 aliphatic heterocycles. The Kier molecular flexibility index (Phi) is 4.93. The van der Waals surface area contributed by atoms with Crippen molar-refractivity contribution < 1.29 is 18.3 Å². The summed E-state index contributed by atoms with van der Waals surface area (Å²) in [4.78, 5) is 12.6. The van der Waals surface area contributed by atoms with Crippen LogP contribution in [0.2, 0.25) is 0 Å². The molecule has 0 amide bonds. The van der Waals surface area contributed by atoms with Crippen molar-refractivity contribution in [2.24, 2.45) is 11.8 Å². The molecule has 0 aromatic heterocycles. The Bertz CT molecular complexity index is 612. The summed E-state index contributed by atoms with van der Waals surface area (Å²) in [6.45, 7) is 4.34. The molecule has 0 radical (unpaired) electrons. The smallest absolute Gasteiger partial charge is 0.310 e. The van der Waals surface area contributed by atoms with Crippen molar-refractivity contribution in [1.82, 2.24) is 0 Å². The van der Waals surface area contributed by atoms with Gasteiger partial charge in [-0.15, -0.1) is 0 Å². The molecule has 1 aromatic rings. The number of carbonyl (C=O) groups excluding carboxylic acids is 1. The molecule has 24 heavy (non-hydrogen) atoms. The molecule has 0 saturated heterocycles. The third-order valence-corrected chi connectivity index (χ3v) is 5.54. The van der Waals surface area contributed by atoms with Gasteiger partial charge in [0.15, 0.2) is 11.6 Å². The molecule has 0 spiro atoms. The highest BCUT2D eigenvalue weighted by molar-refractivity contribution is 5.77. The van der Waals surface area contributed by atoms with E-state index in [9.17, 15) is 13.6 Å². The van der Waals surface area contributed by atoms with Crippen LogP contribution in [0.5, 0.6) is 0 Å². The second-order valence-electron chi connectivity index (χ2n) is 7.68. The number of esters is 1. The third-order valence-electron chi connectivity index (χ3n) is 5.54. The van der Waals surface area contributed by atoms with Gasteiger partial charge < -0.3 is 4.74 Å². The van der Waals surface area contributed by atoms with Crippen molar-refractivity contribution >= 4 is 5.97 Å². The summed E-state index contributed by atoms with van der Waals surface area (Å²) >= 11 is 0. The Labute approximate surface area is 142 Å². The minimum Gasteiger partial charge on any atom is -0.459 e. The van der Waals surface area contributed by atoms with E-state index in [4.69, 9.17) is 4.74 Å². The summed E-state index contributed by atoms with van der Waals surface area (Å²) in [5, 5.41) is 0. The van der Waals surface area contributed by atoms with E-state index < -0.39 is 11.6 Å². The molecule has 4 heteroatoms. The van der Waals surface area contributed by atoms with Gasteiger partial charge in [-0.2, -0.15) is 0 Å². The first-order valence-corrected chi connectivity index (χ1v) is 9.12. The minimum atomic E-state index is -0.852. The first kappa shape index (κ1) is 17.4. The van der Waals surface area contributed by atoms with Crippen LogP contribution in [0.25, 0.3) is 0 Å². The number of ether oxygens (including phenoxy) is 1. The van der Waals surface area contributed by atoms with Gasteiger partial charge in [0.05, 0.1) is 5.92 Å². The molecule has 2 aliphatic carbocycles. The maximum Gasteiger partial charge on any atom is 0.310 e. The van der Waals surface area contributed by atoms with Crippen molar-refractivity contribution in [2.45, 2.75) is 70.3 Å². The zero-order valence-electron chi connectivity index (χ0n) is 14.5. The lowest BCUT2D eigenvalue weighted by atomic mass is 9.76. The molecule has 1 aromatic carbocycles. The normalized spacial score (nSPS) is 32.4.